The first kappa shape index (κ1) is 19.0. The Balaban J connectivity index is 1.38. The van der Waals surface area contributed by atoms with Gasteiger partial charge in [-0.1, -0.05) is 0 Å². The van der Waals surface area contributed by atoms with Crippen LogP contribution < -0.4 is 5.32 Å². The van der Waals surface area contributed by atoms with Crippen LogP contribution in [0.15, 0.2) is 47.6 Å². The van der Waals surface area contributed by atoms with E-state index >= 15 is 0 Å². The summed E-state index contributed by atoms with van der Waals surface area (Å²) in [4.78, 5) is 16.3. The summed E-state index contributed by atoms with van der Waals surface area (Å²) < 4.78 is 40.6. The molecule has 8 heteroatoms. The van der Waals surface area contributed by atoms with Gasteiger partial charge in [0, 0.05) is 37.1 Å². The molecule has 148 valence electrons. The number of rotatable bonds is 4. The lowest BCUT2D eigenvalue weighted by molar-refractivity contribution is 0.0940. The lowest BCUT2D eigenvalue weighted by atomic mass is 9.94. The molecule has 1 saturated carbocycles. The number of hydrogen-bond acceptors (Lipinski definition) is 4. The minimum absolute atomic E-state index is 0.0204. The highest BCUT2D eigenvalue weighted by Gasteiger charge is 2.56. The predicted octanol–water partition coefficient (Wildman–Crippen LogP) is 2.50. The van der Waals surface area contributed by atoms with Crippen molar-refractivity contribution in [3.05, 3.63) is 59.7 Å². The molecule has 1 aromatic carbocycles. The van der Waals surface area contributed by atoms with Crippen molar-refractivity contribution in [2.45, 2.75) is 37.1 Å². The van der Waals surface area contributed by atoms with Gasteiger partial charge < -0.3 is 5.32 Å². The second-order valence-corrected chi connectivity index (χ2v) is 9.58. The third kappa shape index (κ3) is 3.42. The maximum atomic E-state index is 13.5. The van der Waals surface area contributed by atoms with E-state index < -0.39 is 15.8 Å². The lowest BCUT2D eigenvalue weighted by Crippen LogP contribution is -2.41. The summed E-state index contributed by atoms with van der Waals surface area (Å²) in [5.74, 6) is -0.538. The van der Waals surface area contributed by atoms with Crippen LogP contribution in [0.5, 0.6) is 0 Å². The first-order chi connectivity index (χ1) is 13.3. The summed E-state index contributed by atoms with van der Waals surface area (Å²) in [6.45, 7) is 2.36. The van der Waals surface area contributed by atoms with E-state index in [9.17, 15) is 17.6 Å². The number of aromatic nitrogens is 1. The summed E-state index contributed by atoms with van der Waals surface area (Å²) in [5, 5.41) is 3.05. The van der Waals surface area contributed by atoms with Crippen molar-refractivity contribution in [3.8, 4) is 0 Å². The minimum atomic E-state index is -3.63. The number of benzene rings is 1. The van der Waals surface area contributed by atoms with Crippen LogP contribution >= 0.6 is 0 Å². The Morgan fingerprint density at radius 1 is 1.21 bits per heavy atom. The largest absolute Gasteiger partial charge is 0.349 e. The number of sulfonamides is 1. The van der Waals surface area contributed by atoms with E-state index in [0.29, 0.717) is 37.1 Å². The van der Waals surface area contributed by atoms with Gasteiger partial charge >= 0.3 is 0 Å². The normalized spacial score (nSPS) is 21.4. The summed E-state index contributed by atoms with van der Waals surface area (Å²) in [5.41, 5.74) is 0.868. The van der Waals surface area contributed by atoms with Crippen molar-refractivity contribution in [1.29, 1.82) is 0 Å². The number of nitrogens with one attached hydrogen (secondary N) is 1. The summed E-state index contributed by atoms with van der Waals surface area (Å²) in [6.07, 6.45) is 5.44. The molecule has 6 nitrogen and oxygen atoms in total. The van der Waals surface area contributed by atoms with Gasteiger partial charge in [0.25, 0.3) is 5.91 Å². The zero-order valence-corrected chi connectivity index (χ0v) is 16.4. The molecule has 0 unspecified atom stereocenters. The zero-order valence-electron chi connectivity index (χ0n) is 15.6. The number of aryl methyl sites for hydroxylation is 1. The Morgan fingerprint density at radius 3 is 2.54 bits per heavy atom. The highest BCUT2D eigenvalue weighted by atomic mass is 32.2. The third-order valence-corrected chi connectivity index (χ3v) is 7.82. The lowest BCUT2D eigenvalue weighted by Gasteiger charge is -2.32. The molecule has 1 amide bonds. The van der Waals surface area contributed by atoms with Crippen LogP contribution in [0.25, 0.3) is 0 Å². The van der Waals surface area contributed by atoms with E-state index in [0.717, 1.165) is 6.42 Å². The average molecular weight is 403 g/mol. The Morgan fingerprint density at radius 2 is 1.89 bits per heavy atom. The van der Waals surface area contributed by atoms with Crippen LogP contribution in [0.1, 0.15) is 35.2 Å². The van der Waals surface area contributed by atoms with Gasteiger partial charge in [0.15, 0.2) is 0 Å². The van der Waals surface area contributed by atoms with Gasteiger partial charge in [0.2, 0.25) is 10.0 Å². The van der Waals surface area contributed by atoms with Gasteiger partial charge in [-0.3, -0.25) is 9.78 Å². The molecule has 4 rings (SSSR count). The number of hydrogen-bond donors (Lipinski definition) is 1. The molecule has 2 aliphatic rings. The Hall–Kier alpha value is -2.32. The van der Waals surface area contributed by atoms with Gasteiger partial charge in [0.05, 0.1) is 4.90 Å². The monoisotopic (exact) mass is 403 g/mol. The standard InChI is InChI=1S/C20H22FN3O3S/c1-14-12-16(2-3-17(14)21)28(26,27)24-10-6-20(7-11-24)13-18(20)23-19(25)15-4-8-22-9-5-15/h2-5,8-9,12,18H,6-7,10-11,13H2,1H3,(H,23,25)/t18-/m0/s1. The fourth-order valence-electron chi connectivity index (χ4n) is 3.95. The number of carbonyl (C=O) groups is 1. The van der Waals surface area contributed by atoms with E-state index in [4.69, 9.17) is 0 Å². The summed E-state index contributed by atoms with van der Waals surface area (Å²) in [6, 6.07) is 7.31. The fraction of sp³-hybridized carbons (Fsp3) is 0.400. The van der Waals surface area contributed by atoms with Gasteiger partial charge in [-0.25, -0.2) is 12.8 Å². The van der Waals surface area contributed by atoms with Crippen LogP contribution in [0, 0.1) is 18.2 Å². The average Bonchev–Trinajstić information content (AvgIpc) is 3.35. The van der Waals surface area contributed by atoms with E-state index in [1.54, 1.807) is 31.5 Å². The van der Waals surface area contributed by atoms with E-state index in [-0.39, 0.29) is 22.3 Å². The van der Waals surface area contributed by atoms with Crippen molar-refractivity contribution in [2.24, 2.45) is 5.41 Å². The van der Waals surface area contributed by atoms with Crippen molar-refractivity contribution < 1.29 is 17.6 Å². The van der Waals surface area contributed by atoms with Crippen LogP contribution in [-0.4, -0.2) is 42.7 Å². The molecule has 2 aromatic rings. The molecule has 1 aromatic heterocycles. The van der Waals surface area contributed by atoms with Crippen molar-refractivity contribution in [1.82, 2.24) is 14.6 Å². The van der Waals surface area contributed by atoms with Crippen LogP contribution in [0.2, 0.25) is 0 Å². The first-order valence-electron chi connectivity index (χ1n) is 9.29. The zero-order chi connectivity index (χ0) is 19.9. The van der Waals surface area contributed by atoms with Gasteiger partial charge in [-0.05, 0) is 67.5 Å². The van der Waals surface area contributed by atoms with E-state index in [1.807, 2.05) is 0 Å². The molecule has 1 saturated heterocycles. The highest BCUT2D eigenvalue weighted by molar-refractivity contribution is 7.89. The molecule has 1 spiro atoms. The molecule has 28 heavy (non-hydrogen) atoms. The minimum Gasteiger partial charge on any atom is -0.349 e. The fourth-order valence-corrected chi connectivity index (χ4v) is 5.47. The van der Waals surface area contributed by atoms with Crippen LogP contribution in [-0.2, 0) is 10.0 Å². The maximum absolute atomic E-state index is 13.5. The first-order valence-corrected chi connectivity index (χ1v) is 10.7. The molecule has 2 fully saturated rings. The van der Waals surface area contributed by atoms with E-state index in [2.05, 4.69) is 10.3 Å². The number of carbonyl (C=O) groups excluding carboxylic acids is 1. The SMILES string of the molecule is Cc1cc(S(=O)(=O)N2CCC3(CC2)C[C@@H]3NC(=O)c2ccncc2)ccc1F. The molecule has 0 bridgehead atoms. The number of halogens is 1. The number of nitrogens with zero attached hydrogens (tertiary/aromatic N) is 2. The smallest absolute Gasteiger partial charge is 0.251 e. The second-order valence-electron chi connectivity index (χ2n) is 7.64. The highest BCUT2D eigenvalue weighted by Crippen LogP contribution is 2.54. The summed E-state index contributed by atoms with van der Waals surface area (Å²) in [7, 11) is -3.63. The Labute approximate surface area is 163 Å². The predicted molar refractivity (Wildman–Crippen MR) is 102 cm³/mol. The van der Waals surface area contributed by atoms with Crippen molar-refractivity contribution >= 4 is 15.9 Å². The third-order valence-electron chi connectivity index (χ3n) is 5.92. The summed E-state index contributed by atoms with van der Waals surface area (Å²) >= 11 is 0. The topological polar surface area (TPSA) is 79.4 Å². The number of pyridine rings is 1. The molecule has 2 heterocycles. The van der Waals surface area contributed by atoms with E-state index in [1.165, 1.54) is 22.5 Å². The van der Waals surface area contributed by atoms with Crippen LogP contribution in [0.4, 0.5) is 4.39 Å². The Kier molecular flexibility index (Phi) is 4.71. The van der Waals surface area contributed by atoms with Crippen LogP contribution in [0.3, 0.4) is 0 Å². The molecule has 0 radical (unpaired) electrons. The molecular weight excluding hydrogens is 381 g/mol. The molecule has 1 aliphatic carbocycles. The van der Waals surface area contributed by atoms with Crippen molar-refractivity contribution in [2.75, 3.05) is 13.1 Å². The quantitative estimate of drug-likeness (QED) is 0.851. The number of piperidine rings is 1. The molecular formula is C20H22FN3O3S. The second kappa shape index (κ2) is 6.93. The van der Waals surface area contributed by atoms with Gasteiger partial charge in [0.1, 0.15) is 5.82 Å². The molecule has 1 N–H and O–H groups in total. The van der Waals surface area contributed by atoms with Gasteiger partial charge in [-0.15, -0.1) is 0 Å². The van der Waals surface area contributed by atoms with Gasteiger partial charge in [-0.2, -0.15) is 4.31 Å². The molecule has 1 aliphatic heterocycles. The van der Waals surface area contributed by atoms with Crippen molar-refractivity contribution in [3.63, 3.8) is 0 Å². The number of amides is 1. The Bertz CT molecular complexity index is 1000. The molecule has 1 atom stereocenters. The maximum Gasteiger partial charge on any atom is 0.251 e.